The summed E-state index contributed by atoms with van der Waals surface area (Å²) in [7, 11) is -1.07. The monoisotopic (exact) mass is 453 g/mol. The summed E-state index contributed by atoms with van der Waals surface area (Å²) in [5, 5.41) is 7.96. The second-order valence-electron chi connectivity index (χ2n) is 6.30. The van der Waals surface area contributed by atoms with E-state index in [2.05, 4.69) is 10.4 Å². The molecule has 0 bridgehead atoms. The zero-order valence-corrected chi connectivity index (χ0v) is 17.2. The first-order valence-electron chi connectivity index (χ1n) is 8.50. The standard InChI is InChI=1S/C19H14Cl2FN3O3S/c20-11-1-6-17(15(21)7-11)28-8-18(26)23-19-14-9-29(27)10-16(14)24-25(19)13-4-2-12(22)3-5-13/h1-7H,8-10H2,(H,23,26). The molecule has 0 saturated heterocycles. The molecular formula is C19H14Cl2FN3O3S. The molecule has 0 fully saturated rings. The van der Waals surface area contributed by atoms with Crippen molar-refractivity contribution in [2.24, 2.45) is 0 Å². The van der Waals surface area contributed by atoms with Crippen molar-refractivity contribution in [2.75, 3.05) is 11.9 Å². The van der Waals surface area contributed by atoms with Crippen LogP contribution in [0.4, 0.5) is 10.2 Å². The predicted octanol–water partition coefficient (Wildman–Crippen LogP) is 4.10. The van der Waals surface area contributed by atoms with Crippen LogP contribution in [0, 0.1) is 5.82 Å². The van der Waals surface area contributed by atoms with E-state index in [1.807, 2.05) is 0 Å². The minimum atomic E-state index is -1.07. The highest BCUT2D eigenvalue weighted by molar-refractivity contribution is 7.83. The van der Waals surface area contributed by atoms with Gasteiger partial charge in [0.15, 0.2) is 6.61 Å². The van der Waals surface area contributed by atoms with Crippen molar-refractivity contribution in [3.05, 3.63) is 69.6 Å². The lowest BCUT2D eigenvalue weighted by molar-refractivity contribution is -0.118. The third-order valence-electron chi connectivity index (χ3n) is 4.25. The molecule has 1 unspecified atom stereocenters. The third kappa shape index (κ3) is 4.29. The number of carbonyl (C=O) groups excluding carboxylic acids is 1. The van der Waals surface area contributed by atoms with Gasteiger partial charge in [-0.05, 0) is 42.5 Å². The Morgan fingerprint density at radius 1 is 1.21 bits per heavy atom. The number of anilines is 1. The van der Waals surface area contributed by atoms with Crippen LogP contribution in [0.15, 0.2) is 42.5 Å². The first-order valence-corrected chi connectivity index (χ1v) is 10.7. The molecule has 29 heavy (non-hydrogen) atoms. The Morgan fingerprint density at radius 3 is 2.69 bits per heavy atom. The van der Waals surface area contributed by atoms with Crippen molar-refractivity contribution in [2.45, 2.75) is 11.5 Å². The predicted molar refractivity (Wildman–Crippen MR) is 110 cm³/mol. The molecule has 4 rings (SSSR count). The molecule has 150 valence electrons. The van der Waals surface area contributed by atoms with Crippen LogP contribution in [0.2, 0.25) is 10.0 Å². The Bertz CT molecular complexity index is 1120. The van der Waals surface area contributed by atoms with Gasteiger partial charge >= 0.3 is 0 Å². The summed E-state index contributed by atoms with van der Waals surface area (Å²) in [4.78, 5) is 12.5. The van der Waals surface area contributed by atoms with Crippen molar-refractivity contribution < 1.29 is 18.1 Å². The summed E-state index contributed by atoms with van der Waals surface area (Å²) in [6.45, 7) is -0.298. The number of nitrogens with zero attached hydrogens (tertiary/aromatic N) is 2. The summed E-state index contributed by atoms with van der Waals surface area (Å²) in [5.74, 6) is 0.491. The van der Waals surface area contributed by atoms with Crippen LogP contribution in [0.25, 0.3) is 5.69 Å². The average molecular weight is 454 g/mol. The Hall–Kier alpha value is -2.42. The molecule has 1 aliphatic heterocycles. The van der Waals surface area contributed by atoms with Crippen LogP contribution in [0.1, 0.15) is 11.3 Å². The molecule has 2 aromatic carbocycles. The molecular weight excluding hydrogens is 440 g/mol. The molecule has 2 heterocycles. The molecule has 6 nitrogen and oxygen atoms in total. The van der Waals surface area contributed by atoms with Crippen molar-refractivity contribution in [1.82, 2.24) is 9.78 Å². The normalized spacial score (nSPS) is 15.2. The topological polar surface area (TPSA) is 73.2 Å². The fraction of sp³-hybridized carbons (Fsp3) is 0.158. The van der Waals surface area contributed by atoms with Gasteiger partial charge < -0.3 is 10.1 Å². The molecule has 0 saturated carbocycles. The van der Waals surface area contributed by atoms with Crippen molar-refractivity contribution in [3.8, 4) is 11.4 Å². The lowest BCUT2D eigenvalue weighted by Gasteiger charge is -2.12. The number of fused-ring (bicyclic) bond motifs is 1. The van der Waals surface area contributed by atoms with E-state index >= 15 is 0 Å². The fourth-order valence-corrected chi connectivity index (χ4v) is 4.66. The van der Waals surface area contributed by atoms with Crippen molar-refractivity contribution in [1.29, 1.82) is 0 Å². The summed E-state index contributed by atoms with van der Waals surface area (Å²) < 4.78 is 32.2. The molecule has 1 atom stereocenters. The van der Waals surface area contributed by atoms with E-state index < -0.39 is 16.7 Å². The largest absolute Gasteiger partial charge is 0.482 e. The lowest BCUT2D eigenvalue weighted by atomic mass is 10.2. The van der Waals surface area contributed by atoms with E-state index in [1.54, 1.807) is 24.3 Å². The van der Waals surface area contributed by atoms with Gasteiger partial charge in [-0.1, -0.05) is 23.2 Å². The third-order valence-corrected chi connectivity index (χ3v) is 5.99. The van der Waals surface area contributed by atoms with E-state index in [0.29, 0.717) is 39.3 Å². The molecule has 10 heteroatoms. The molecule has 0 aliphatic carbocycles. The molecule has 1 N–H and O–H groups in total. The average Bonchev–Trinajstić information content (AvgIpc) is 3.19. The molecule has 0 radical (unpaired) electrons. The highest BCUT2D eigenvalue weighted by atomic mass is 35.5. The summed E-state index contributed by atoms with van der Waals surface area (Å²) in [6.07, 6.45) is 0. The number of aromatic nitrogens is 2. The second-order valence-corrected chi connectivity index (χ2v) is 8.60. The van der Waals surface area contributed by atoms with Crippen molar-refractivity contribution >= 4 is 45.7 Å². The minimum Gasteiger partial charge on any atom is -0.482 e. The number of benzene rings is 2. The summed E-state index contributed by atoms with van der Waals surface area (Å²) in [5.41, 5.74) is 1.92. The van der Waals surface area contributed by atoms with E-state index in [0.717, 1.165) is 0 Å². The van der Waals surface area contributed by atoms with E-state index in [4.69, 9.17) is 27.9 Å². The van der Waals surface area contributed by atoms with Gasteiger partial charge in [-0.2, -0.15) is 5.10 Å². The first-order chi connectivity index (χ1) is 13.9. The molecule has 0 spiro atoms. The first kappa shape index (κ1) is 19.9. The van der Waals surface area contributed by atoms with Gasteiger partial charge in [0.05, 0.1) is 27.9 Å². The van der Waals surface area contributed by atoms with Gasteiger partial charge in [0.25, 0.3) is 5.91 Å². The summed E-state index contributed by atoms with van der Waals surface area (Å²) in [6, 6.07) is 10.4. The molecule has 1 amide bonds. The van der Waals surface area contributed by atoms with E-state index in [-0.39, 0.29) is 23.2 Å². The lowest BCUT2D eigenvalue weighted by Crippen LogP contribution is -2.22. The SMILES string of the molecule is O=C(COc1ccc(Cl)cc1Cl)Nc1c2c(nn1-c1ccc(F)cc1)CS(=O)C2. The number of amides is 1. The van der Waals surface area contributed by atoms with Gasteiger partial charge in [-0.15, -0.1) is 0 Å². The van der Waals surface area contributed by atoms with Gasteiger partial charge in [0.1, 0.15) is 17.4 Å². The van der Waals surface area contributed by atoms with Crippen LogP contribution in [0.5, 0.6) is 5.75 Å². The zero-order valence-electron chi connectivity index (χ0n) is 14.8. The quantitative estimate of drug-likeness (QED) is 0.630. The maximum Gasteiger partial charge on any atom is 0.263 e. The van der Waals surface area contributed by atoms with Crippen molar-refractivity contribution in [3.63, 3.8) is 0 Å². The summed E-state index contributed by atoms with van der Waals surface area (Å²) >= 11 is 11.9. The second kappa shape index (κ2) is 8.14. The molecule has 1 aromatic heterocycles. The number of halogens is 3. The minimum absolute atomic E-state index is 0.288. The maximum absolute atomic E-state index is 13.3. The number of carbonyl (C=O) groups is 1. The zero-order chi connectivity index (χ0) is 20.5. The van der Waals surface area contributed by atoms with Crippen LogP contribution >= 0.6 is 23.2 Å². The number of hydrogen-bond donors (Lipinski definition) is 1. The Labute approximate surface area is 178 Å². The highest BCUT2D eigenvalue weighted by Gasteiger charge is 2.28. The fourth-order valence-electron chi connectivity index (χ4n) is 2.93. The Morgan fingerprint density at radius 2 is 1.97 bits per heavy atom. The maximum atomic E-state index is 13.3. The molecule has 3 aromatic rings. The van der Waals surface area contributed by atoms with E-state index in [9.17, 15) is 13.4 Å². The smallest absolute Gasteiger partial charge is 0.263 e. The van der Waals surface area contributed by atoms with Gasteiger partial charge in [-0.3, -0.25) is 9.00 Å². The van der Waals surface area contributed by atoms with Crippen LogP contribution in [-0.4, -0.2) is 26.5 Å². The van der Waals surface area contributed by atoms with Crippen LogP contribution in [-0.2, 0) is 27.1 Å². The number of ether oxygens (including phenoxy) is 1. The van der Waals surface area contributed by atoms with E-state index in [1.165, 1.54) is 22.9 Å². The molecule has 1 aliphatic rings. The Balaban J connectivity index is 1.56. The number of nitrogens with one attached hydrogen (secondary N) is 1. The Kier molecular flexibility index (Phi) is 5.58. The van der Waals surface area contributed by atoms with Gasteiger partial charge in [0.2, 0.25) is 0 Å². The van der Waals surface area contributed by atoms with Gasteiger partial charge in [-0.25, -0.2) is 9.07 Å². The highest BCUT2D eigenvalue weighted by Crippen LogP contribution is 2.32. The van der Waals surface area contributed by atoms with Gasteiger partial charge in [0, 0.05) is 21.4 Å². The van der Waals surface area contributed by atoms with Crippen LogP contribution < -0.4 is 10.1 Å². The van der Waals surface area contributed by atoms with Crippen LogP contribution in [0.3, 0.4) is 0 Å². The number of rotatable bonds is 5. The number of hydrogen-bond acceptors (Lipinski definition) is 4.